The Labute approximate surface area is 135 Å². The number of urea groups is 1. The standard InChI is InChI=1S/C16H22N4O3/c1-12(15-6-4-8-23-15)19(2)16(21)18-13-9-17-20(10-13)11-14-5-3-7-22-14/h4,6,8-10,12,14H,3,5,7,11H2,1-2H3,(H,18,21)/t12-,14-/m0/s1. The fourth-order valence-corrected chi connectivity index (χ4v) is 2.63. The molecule has 7 nitrogen and oxygen atoms in total. The van der Waals surface area contributed by atoms with Crippen LogP contribution >= 0.6 is 0 Å². The summed E-state index contributed by atoms with van der Waals surface area (Å²) < 4.78 is 12.7. The van der Waals surface area contributed by atoms with Crippen LogP contribution in [-0.4, -0.2) is 40.5 Å². The Balaban J connectivity index is 1.56. The summed E-state index contributed by atoms with van der Waals surface area (Å²) >= 11 is 0. The van der Waals surface area contributed by atoms with E-state index in [-0.39, 0.29) is 18.2 Å². The molecule has 124 valence electrons. The molecular formula is C16H22N4O3. The van der Waals surface area contributed by atoms with Gasteiger partial charge < -0.3 is 19.4 Å². The minimum Gasteiger partial charge on any atom is -0.467 e. The first-order valence-electron chi connectivity index (χ1n) is 7.85. The molecule has 3 heterocycles. The van der Waals surface area contributed by atoms with Gasteiger partial charge >= 0.3 is 6.03 Å². The average Bonchev–Trinajstić information content (AvgIpc) is 3.28. The topological polar surface area (TPSA) is 72.5 Å². The molecule has 0 unspecified atom stereocenters. The molecule has 0 radical (unpaired) electrons. The zero-order valence-corrected chi connectivity index (χ0v) is 13.4. The van der Waals surface area contributed by atoms with E-state index in [1.165, 1.54) is 0 Å². The van der Waals surface area contributed by atoms with Gasteiger partial charge in [0.25, 0.3) is 0 Å². The summed E-state index contributed by atoms with van der Waals surface area (Å²) in [5.41, 5.74) is 0.673. The van der Waals surface area contributed by atoms with Gasteiger partial charge in [-0.25, -0.2) is 4.79 Å². The third-order valence-corrected chi connectivity index (χ3v) is 4.16. The summed E-state index contributed by atoms with van der Waals surface area (Å²) in [6.07, 6.45) is 7.46. The fourth-order valence-electron chi connectivity index (χ4n) is 2.63. The van der Waals surface area contributed by atoms with Crippen LogP contribution in [0.1, 0.15) is 31.6 Å². The molecule has 2 atom stereocenters. The highest BCUT2D eigenvalue weighted by Crippen LogP contribution is 2.20. The third kappa shape index (κ3) is 3.73. The minimum absolute atomic E-state index is 0.146. The maximum atomic E-state index is 12.3. The third-order valence-electron chi connectivity index (χ3n) is 4.16. The molecule has 2 aromatic heterocycles. The van der Waals surface area contributed by atoms with Crippen molar-refractivity contribution in [1.29, 1.82) is 0 Å². The summed E-state index contributed by atoms with van der Waals surface area (Å²) in [6, 6.07) is 3.32. The van der Waals surface area contributed by atoms with Crippen molar-refractivity contribution in [3.63, 3.8) is 0 Å². The van der Waals surface area contributed by atoms with E-state index in [1.807, 2.05) is 29.9 Å². The molecule has 0 aromatic carbocycles. The Hall–Kier alpha value is -2.28. The molecule has 0 saturated carbocycles. The predicted octanol–water partition coefficient (Wildman–Crippen LogP) is 2.88. The Morgan fingerprint density at radius 2 is 2.48 bits per heavy atom. The lowest BCUT2D eigenvalue weighted by Gasteiger charge is -2.23. The van der Waals surface area contributed by atoms with Gasteiger partial charge in [0.1, 0.15) is 5.76 Å². The van der Waals surface area contributed by atoms with Gasteiger partial charge in [0.05, 0.1) is 36.8 Å². The van der Waals surface area contributed by atoms with Crippen molar-refractivity contribution in [2.75, 3.05) is 19.0 Å². The lowest BCUT2D eigenvalue weighted by atomic mass is 10.2. The van der Waals surface area contributed by atoms with Crippen LogP contribution < -0.4 is 5.32 Å². The number of hydrogen-bond donors (Lipinski definition) is 1. The van der Waals surface area contributed by atoms with Crippen molar-refractivity contribution in [3.8, 4) is 0 Å². The Morgan fingerprint density at radius 3 is 3.17 bits per heavy atom. The van der Waals surface area contributed by atoms with Crippen molar-refractivity contribution in [1.82, 2.24) is 14.7 Å². The number of furan rings is 1. The van der Waals surface area contributed by atoms with Crippen LogP contribution in [0.3, 0.4) is 0 Å². The molecule has 1 aliphatic rings. The molecular weight excluding hydrogens is 296 g/mol. The molecule has 23 heavy (non-hydrogen) atoms. The molecule has 0 spiro atoms. The molecule has 3 rings (SSSR count). The van der Waals surface area contributed by atoms with Crippen molar-refractivity contribution in [3.05, 3.63) is 36.5 Å². The molecule has 2 aromatic rings. The summed E-state index contributed by atoms with van der Waals surface area (Å²) in [7, 11) is 1.74. The van der Waals surface area contributed by atoms with Gasteiger partial charge in [-0.05, 0) is 31.9 Å². The van der Waals surface area contributed by atoms with E-state index < -0.39 is 0 Å². The number of rotatable bonds is 5. The quantitative estimate of drug-likeness (QED) is 0.920. The summed E-state index contributed by atoms with van der Waals surface area (Å²) in [4.78, 5) is 13.9. The normalized spacial score (nSPS) is 18.8. The molecule has 2 amide bonds. The van der Waals surface area contributed by atoms with Gasteiger partial charge in [-0.1, -0.05) is 0 Å². The first-order valence-corrected chi connectivity index (χ1v) is 7.85. The van der Waals surface area contributed by atoms with E-state index in [2.05, 4.69) is 10.4 Å². The van der Waals surface area contributed by atoms with E-state index in [0.717, 1.165) is 25.2 Å². The van der Waals surface area contributed by atoms with Crippen LogP contribution in [0, 0.1) is 0 Å². The fraction of sp³-hybridized carbons (Fsp3) is 0.500. The predicted molar refractivity (Wildman–Crippen MR) is 85.1 cm³/mol. The second kappa shape index (κ2) is 6.87. The van der Waals surface area contributed by atoms with Gasteiger partial charge in [-0.2, -0.15) is 5.10 Å². The van der Waals surface area contributed by atoms with Crippen LogP contribution in [0.4, 0.5) is 10.5 Å². The van der Waals surface area contributed by atoms with E-state index in [1.54, 1.807) is 24.4 Å². The molecule has 7 heteroatoms. The second-order valence-corrected chi connectivity index (χ2v) is 5.82. The molecule has 0 bridgehead atoms. The Kier molecular flexibility index (Phi) is 4.66. The SMILES string of the molecule is C[C@@H](c1ccco1)N(C)C(=O)Nc1cnn(C[C@@H]2CCCO2)c1. The van der Waals surface area contributed by atoms with Crippen LogP contribution in [0.5, 0.6) is 0 Å². The zero-order chi connectivity index (χ0) is 16.2. The van der Waals surface area contributed by atoms with Crippen molar-refractivity contribution < 1.29 is 13.9 Å². The van der Waals surface area contributed by atoms with Crippen molar-refractivity contribution in [2.45, 2.75) is 38.5 Å². The molecule has 1 aliphatic heterocycles. The van der Waals surface area contributed by atoms with E-state index in [0.29, 0.717) is 12.2 Å². The number of nitrogens with one attached hydrogen (secondary N) is 1. The molecule has 1 N–H and O–H groups in total. The summed E-state index contributed by atoms with van der Waals surface area (Å²) in [5, 5.41) is 7.12. The molecule has 1 fully saturated rings. The number of hydrogen-bond acceptors (Lipinski definition) is 4. The number of anilines is 1. The Morgan fingerprint density at radius 1 is 1.61 bits per heavy atom. The van der Waals surface area contributed by atoms with Crippen molar-refractivity contribution >= 4 is 11.7 Å². The largest absolute Gasteiger partial charge is 0.467 e. The summed E-state index contributed by atoms with van der Waals surface area (Å²) in [6.45, 7) is 3.46. The van der Waals surface area contributed by atoms with Gasteiger partial charge in [-0.3, -0.25) is 4.68 Å². The van der Waals surface area contributed by atoms with Crippen LogP contribution in [0.15, 0.2) is 35.2 Å². The first-order chi connectivity index (χ1) is 11.1. The number of amides is 2. The smallest absolute Gasteiger partial charge is 0.322 e. The number of carbonyl (C=O) groups is 1. The van der Waals surface area contributed by atoms with E-state index >= 15 is 0 Å². The van der Waals surface area contributed by atoms with Crippen LogP contribution in [0.2, 0.25) is 0 Å². The van der Waals surface area contributed by atoms with Crippen LogP contribution in [0.25, 0.3) is 0 Å². The number of nitrogens with zero attached hydrogens (tertiary/aromatic N) is 3. The zero-order valence-electron chi connectivity index (χ0n) is 13.4. The van der Waals surface area contributed by atoms with E-state index in [4.69, 9.17) is 9.15 Å². The maximum Gasteiger partial charge on any atom is 0.322 e. The number of carbonyl (C=O) groups excluding carboxylic acids is 1. The van der Waals surface area contributed by atoms with E-state index in [9.17, 15) is 4.79 Å². The minimum atomic E-state index is -0.203. The van der Waals surface area contributed by atoms with Crippen molar-refractivity contribution in [2.24, 2.45) is 0 Å². The van der Waals surface area contributed by atoms with Gasteiger partial charge in [0, 0.05) is 19.9 Å². The molecule has 1 saturated heterocycles. The highest BCUT2D eigenvalue weighted by molar-refractivity contribution is 5.89. The van der Waals surface area contributed by atoms with Gasteiger partial charge in [0.15, 0.2) is 0 Å². The lowest BCUT2D eigenvalue weighted by molar-refractivity contribution is 0.0940. The maximum absolute atomic E-state index is 12.3. The highest BCUT2D eigenvalue weighted by atomic mass is 16.5. The average molecular weight is 318 g/mol. The Bertz CT molecular complexity index is 632. The number of ether oxygens (including phenoxy) is 1. The van der Waals surface area contributed by atoms with Crippen LogP contribution in [-0.2, 0) is 11.3 Å². The monoisotopic (exact) mass is 318 g/mol. The van der Waals surface area contributed by atoms with Gasteiger partial charge in [-0.15, -0.1) is 0 Å². The molecule has 0 aliphatic carbocycles. The summed E-state index contributed by atoms with van der Waals surface area (Å²) in [5.74, 6) is 0.747. The van der Waals surface area contributed by atoms with Gasteiger partial charge in [0.2, 0.25) is 0 Å². The lowest BCUT2D eigenvalue weighted by Crippen LogP contribution is -2.33. The first kappa shape index (κ1) is 15.6. The highest BCUT2D eigenvalue weighted by Gasteiger charge is 2.20. The second-order valence-electron chi connectivity index (χ2n) is 5.82. The number of aromatic nitrogens is 2.